The predicted octanol–water partition coefficient (Wildman–Crippen LogP) is 1.76. The summed E-state index contributed by atoms with van der Waals surface area (Å²) in [5.41, 5.74) is 0.137. The van der Waals surface area contributed by atoms with Crippen molar-refractivity contribution in [1.29, 1.82) is 0 Å². The Morgan fingerprint density at radius 2 is 2.12 bits per heavy atom. The first-order valence-electron chi connectivity index (χ1n) is 5.55. The molecule has 3 nitrogen and oxygen atoms in total. The maximum atomic E-state index is 13.7. The van der Waals surface area contributed by atoms with Crippen LogP contribution in [0.4, 0.5) is 8.78 Å². The van der Waals surface area contributed by atoms with Gasteiger partial charge in [0.1, 0.15) is 5.82 Å². The first-order chi connectivity index (χ1) is 8.15. The molecule has 0 aliphatic heterocycles. The van der Waals surface area contributed by atoms with E-state index >= 15 is 0 Å². The van der Waals surface area contributed by atoms with Crippen molar-refractivity contribution in [3.63, 3.8) is 0 Å². The van der Waals surface area contributed by atoms with E-state index in [2.05, 4.69) is 10.1 Å². The Kier molecular flexibility index (Phi) is 3.59. The number of nitrogens with one attached hydrogen (secondary N) is 1. The molecule has 1 unspecified atom stereocenters. The molecule has 94 valence electrons. The fourth-order valence-corrected chi connectivity index (χ4v) is 1.74. The van der Waals surface area contributed by atoms with Gasteiger partial charge in [-0.05, 0) is 18.9 Å². The van der Waals surface area contributed by atoms with Crippen LogP contribution in [0.3, 0.4) is 0 Å². The van der Waals surface area contributed by atoms with Gasteiger partial charge in [0.25, 0.3) is 0 Å². The van der Waals surface area contributed by atoms with Crippen LogP contribution in [-0.4, -0.2) is 24.9 Å². The normalized spacial score (nSPS) is 16.9. The fourth-order valence-electron chi connectivity index (χ4n) is 1.74. The summed E-state index contributed by atoms with van der Waals surface area (Å²) >= 11 is 0. The Balaban J connectivity index is 2.25. The molecule has 0 heterocycles. The predicted molar refractivity (Wildman–Crippen MR) is 58.9 cm³/mol. The van der Waals surface area contributed by atoms with Crippen LogP contribution in [0.5, 0.6) is 5.75 Å². The van der Waals surface area contributed by atoms with Gasteiger partial charge in [-0.2, -0.15) is 0 Å². The Bertz CT molecular complexity index is 408. The largest absolute Gasteiger partial charge is 0.494 e. The Labute approximate surface area is 98.4 Å². The molecular formula is C12H15F2NO2. The van der Waals surface area contributed by atoms with E-state index in [0.29, 0.717) is 6.04 Å². The summed E-state index contributed by atoms with van der Waals surface area (Å²) in [4.78, 5) is 0. The molecule has 1 aliphatic rings. The van der Waals surface area contributed by atoms with Crippen molar-refractivity contribution in [3.05, 3.63) is 29.3 Å². The second-order valence-corrected chi connectivity index (χ2v) is 4.18. The van der Waals surface area contributed by atoms with Crippen molar-refractivity contribution < 1.29 is 18.6 Å². The minimum absolute atomic E-state index is 0.130. The third-order valence-corrected chi connectivity index (χ3v) is 2.84. The summed E-state index contributed by atoms with van der Waals surface area (Å²) < 4.78 is 31.9. The molecule has 0 bridgehead atoms. The molecule has 1 fully saturated rings. The maximum absolute atomic E-state index is 13.7. The van der Waals surface area contributed by atoms with Crippen LogP contribution >= 0.6 is 0 Å². The van der Waals surface area contributed by atoms with Gasteiger partial charge in [0.2, 0.25) is 0 Å². The van der Waals surface area contributed by atoms with Crippen molar-refractivity contribution in [2.24, 2.45) is 0 Å². The molecule has 1 saturated carbocycles. The van der Waals surface area contributed by atoms with Gasteiger partial charge < -0.3 is 15.2 Å². The fraction of sp³-hybridized carbons (Fsp3) is 0.500. The quantitative estimate of drug-likeness (QED) is 0.828. The van der Waals surface area contributed by atoms with Crippen LogP contribution in [0, 0.1) is 11.6 Å². The smallest absolute Gasteiger partial charge is 0.165 e. The highest BCUT2D eigenvalue weighted by Gasteiger charge is 2.27. The molecule has 1 atom stereocenters. The zero-order valence-corrected chi connectivity index (χ0v) is 9.54. The number of benzene rings is 1. The van der Waals surface area contributed by atoms with E-state index in [9.17, 15) is 13.9 Å². The molecule has 1 aromatic carbocycles. The molecule has 0 spiro atoms. The average Bonchev–Trinajstić information content (AvgIpc) is 3.12. The molecule has 0 radical (unpaired) electrons. The van der Waals surface area contributed by atoms with Gasteiger partial charge in [-0.15, -0.1) is 0 Å². The van der Waals surface area contributed by atoms with E-state index in [0.717, 1.165) is 25.0 Å². The molecule has 0 saturated heterocycles. The van der Waals surface area contributed by atoms with E-state index in [-0.39, 0.29) is 17.9 Å². The highest BCUT2D eigenvalue weighted by Crippen LogP contribution is 2.28. The maximum Gasteiger partial charge on any atom is 0.165 e. The first kappa shape index (κ1) is 12.3. The van der Waals surface area contributed by atoms with Crippen molar-refractivity contribution >= 4 is 0 Å². The van der Waals surface area contributed by atoms with Crippen molar-refractivity contribution in [2.75, 3.05) is 13.7 Å². The summed E-state index contributed by atoms with van der Waals surface area (Å²) in [6.07, 6.45) is 2.02. The van der Waals surface area contributed by atoms with Gasteiger partial charge in [-0.1, -0.05) is 0 Å². The number of halogens is 2. The third kappa shape index (κ3) is 2.73. The lowest BCUT2D eigenvalue weighted by atomic mass is 10.1. The molecule has 2 N–H and O–H groups in total. The van der Waals surface area contributed by atoms with Gasteiger partial charge in [0.15, 0.2) is 11.6 Å². The summed E-state index contributed by atoms with van der Waals surface area (Å²) in [5, 5.41) is 12.3. The van der Waals surface area contributed by atoms with Crippen LogP contribution in [0.25, 0.3) is 0 Å². The van der Waals surface area contributed by atoms with Crippen LogP contribution in [0.2, 0.25) is 0 Å². The molecule has 2 rings (SSSR count). The molecular weight excluding hydrogens is 228 g/mol. The molecule has 17 heavy (non-hydrogen) atoms. The van der Waals surface area contributed by atoms with Crippen LogP contribution in [0.1, 0.15) is 24.4 Å². The van der Waals surface area contributed by atoms with Crippen molar-refractivity contribution in [3.8, 4) is 5.75 Å². The summed E-state index contributed by atoms with van der Waals surface area (Å²) in [6.45, 7) is -0.265. The lowest BCUT2D eigenvalue weighted by Crippen LogP contribution is -2.27. The van der Waals surface area contributed by atoms with Gasteiger partial charge in [-0.3, -0.25) is 0 Å². The number of aliphatic hydroxyl groups is 1. The number of aliphatic hydroxyl groups excluding tert-OH is 1. The summed E-state index contributed by atoms with van der Waals surface area (Å²) in [5.74, 6) is -1.33. The van der Waals surface area contributed by atoms with E-state index in [1.165, 1.54) is 7.11 Å². The second-order valence-electron chi connectivity index (χ2n) is 4.18. The molecule has 1 aromatic rings. The van der Waals surface area contributed by atoms with Gasteiger partial charge in [0.05, 0.1) is 19.8 Å². The molecule has 5 heteroatoms. The van der Waals surface area contributed by atoms with Gasteiger partial charge in [0, 0.05) is 17.7 Å². The molecule has 0 amide bonds. The molecule has 1 aliphatic carbocycles. The monoisotopic (exact) mass is 243 g/mol. The highest BCUT2D eigenvalue weighted by molar-refractivity contribution is 5.32. The number of rotatable bonds is 5. The lowest BCUT2D eigenvalue weighted by molar-refractivity contribution is 0.239. The van der Waals surface area contributed by atoms with E-state index < -0.39 is 17.7 Å². The topological polar surface area (TPSA) is 41.5 Å². The highest BCUT2D eigenvalue weighted by atomic mass is 19.1. The zero-order chi connectivity index (χ0) is 12.4. The number of hydrogen-bond donors (Lipinski definition) is 2. The Hall–Kier alpha value is -1.20. The number of hydrogen-bond acceptors (Lipinski definition) is 3. The average molecular weight is 243 g/mol. The van der Waals surface area contributed by atoms with Gasteiger partial charge in [-0.25, -0.2) is 8.78 Å². The van der Waals surface area contributed by atoms with Crippen LogP contribution in [-0.2, 0) is 0 Å². The lowest BCUT2D eigenvalue weighted by Gasteiger charge is -2.17. The zero-order valence-electron chi connectivity index (χ0n) is 9.54. The SMILES string of the molecule is COc1cc(F)c(C(CO)NC2CC2)cc1F. The molecule has 0 aromatic heterocycles. The number of ether oxygens (including phenoxy) is 1. The first-order valence-corrected chi connectivity index (χ1v) is 5.55. The Morgan fingerprint density at radius 1 is 1.41 bits per heavy atom. The van der Waals surface area contributed by atoms with Gasteiger partial charge >= 0.3 is 0 Å². The third-order valence-electron chi connectivity index (χ3n) is 2.84. The standard InChI is InChI=1S/C12H15F2NO2/c1-17-12-5-9(13)8(4-10(12)14)11(6-16)15-7-2-3-7/h4-5,7,11,15-16H,2-3,6H2,1H3. The number of methoxy groups -OCH3 is 1. The summed E-state index contributed by atoms with van der Waals surface area (Å²) in [6, 6.07) is 1.81. The van der Waals surface area contributed by atoms with Crippen molar-refractivity contribution in [1.82, 2.24) is 5.32 Å². The van der Waals surface area contributed by atoms with E-state index in [1.54, 1.807) is 0 Å². The van der Waals surface area contributed by atoms with Crippen LogP contribution in [0.15, 0.2) is 12.1 Å². The van der Waals surface area contributed by atoms with Crippen molar-refractivity contribution in [2.45, 2.75) is 24.9 Å². The Morgan fingerprint density at radius 3 is 2.65 bits per heavy atom. The van der Waals surface area contributed by atoms with E-state index in [1.807, 2.05) is 0 Å². The van der Waals surface area contributed by atoms with E-state index in [4.69, 9.17) is 0 Å². The van der Waals surface area contributed by atoms with Crippen LogP contribution < -0.4 is 10.1 Å². The second kappa shape index (κ2) is 4.98. The minimum atomic E-state index is -0.625. The minimum Gasteiger partial charge on any atom is -0.494 e. The summed E-state index contributed by atoms with van der Waals surface area (Å²) in [7, 11) is 1.28.